The Morgan fingerprint density at radius 1 is 1.20 bits per heavy atom. The van der Waals surface area contributed by atoms with Crippen LogP contribution in [0.3, 0.4) is 0 Å². The van der Waals surface area contributed by atoms with Gasteiger partial charge in [0.25, 0.3) is 0 Å². The summed E-state index contributed by atoms with van der Waals surface area (Å²) in [6.45, 7) is 5.39. The molecule has 0 aromatic rings. The van der Waals surface area contributed by atoms with Gasteiger partial charge in [0.1, 0.15) is 0 Å². The Morgan fingerprint density at radius 3 is 2.40 bits per heavy atom. The van der Waals surface area contributed by atoms with E-state index >= 15 is 0 Å². The summed E-state index contributed by atoms with van der Waals surface area (Å²) in [7, 11) is 0. The highest BCUT2D eigenvalue weighted by Gasteiger charge is 2.40. The molecule has 0 bridgehead atoms. The third kappa shape index (κ3) is 2.54. The van der Waals surface area contributed by atoms with Crippen molar-refractivity contribution in [2.75, 3.05) is 6.61 Å². The molecule has 1 aliphatic carbocycles. The minimum atomic E-state index is -0.116. The fourth-order valence-electron chi connectivity index (χ4n) is 3.18. The van der Waals surface area contributed by atoms with Crippen molar-refractivity contribution in [3.05, 3.63) is 0 Å². The fraction of sp³-hybridized carbons (Fsp3) is 1.00. The number of ether oxygens (including phenoxy) is 1. The summed E-state index contributed by atoms with van der Waals surface area (Å²) in [5.41, 5.74) is 0.0447. The van der Waals surface area contributed by atoms with Crippen LogP contribution in [0.1, 0.15) is 52.4 Å². The lowest BCUT2D eigenvalue weighted by Crippen LogP contribution is -2.45. The maximum Gasteiger partial charge on any atom is 0.0707 e. The molecule has 15 heavy (non-hydrogen) atoms. The molecule has 1 unspecified atom stereocenters. The van der Waals surface area contributed by atoms with Crippen LogP contribution in [0.5, 0.6) is 0 Å². The second kappa shape index (κ2) is 4.42. The van der Waals surface area contributed by atoms with E-state index in [9.17, 15) is 5.11 Å². The van der Waals surface area contributed by atoms with Gasteiger partial charge in [0.05, 0.1) is 11.7 Å². The average molecular weight is 212 g/mol. The summed E-state index contributed by atoms with van der Waals surface area (Å²) < 4.78 is 5.94. The maximum atomic E-state index is 9.72. The van der Waals surface area contributed by atoms with E-state index in [-0.39, 0.29) is 11.7 Å². The zero-order chi connectivity index (χ0) is 10.9. The Morgan fingerprint density at radius 2 is 1.87 bits per heavy atom. The first kappa shape index (κ1) is 11.4. The van der Waals surface area contributed by atoms with Crippen LogP contribution >= 0.6 is 0 Å². The van der Waals surface area contributed by atoms with Gasteiger partial charge >= 0.3 is 0 Å². The van der Waals surface area contributed by atoms with E-state index in [1.807, 2.05) is 0 Å². The first-order chi connectivity index (χ1) is 7.11. The van der Waals surface area contributed by atoms with Crippen LogP contribution in [0.4, 0.5) is 0 Å². The van der Waals surface area contributed by atoms with Gasteiger partial charge < -0.3 is 9.84 Å². The molecular weight excluding hydrogens is 188 g/mol. The molecule has 88 valence electrons. The normalized spacial score (nSPS) is 42.4. The number of aliphatic hydroxyl groups is 1. The van der Waals surface area contributed by atoms with Crippen molar-refractivity contribution in [3.63, 3.8) is 0 Å². The summed E-state index contributed by atoms with van der Waals surface area (Å²) in [4.78, 5) is 0. The molecular formula is C13H24O2. The topological polar surface area (TPSA) is 29.5 Å². The van der Waals surface area contributed by atoms with Gasteiger partial charge in [-0.05, 0) is 43.9 Å². The summed E-state index contributed by atoms with van der Waals surface area (Å²) in [6, 6.07) is 0. The third-order valence-corrected chi connectivity index (χ3v) is 4.35. The number of hydrogen-bond donors (Lipinski definition) is 1. The smallest absolute Gasteiger partial charge is 0.0707 e. The molecule has 2 fully saturated rings. The molecule has 1 aliphatic heterocycles. The Kier molecular flexibility index (Phi) is 3.36. The van der Waals surface area contributed by atoms with Crippen LogP contribution < -0.4 is 0 Å². The molecule has 0 aromatic carbocycles. The van der Waals surface area contributed by atoms with Gasteiger partial charge in [-0.25, -0.2) is 0 Å². The molecule has 2 heteroatoms. The van der Waals surface area contributed by atoms with Crippen molar-refractivity contribution in [2.45, 2.75) is 64.1 Å². The Hall–Kier alpha value is -0.0800. The van der Waals surface area contributed by atoms with E-state index in [0.717, 1.165) is 44.1 Å². The number of hydrogen-bond acceptors (Lipinski definition) is 2. The van der Waals surface area contributed by atoms with Crippen molar-refractivity contribution in [2.24, 2.45) is 11.8 Å². The maximum absolute atomic E-state index is 9.72. The van der Waals surface area contributed by atoms with E-state index in [2.05, 4.69) is 13.8 Å². The highest BCUT2D eigenvalue weighted by Crippen LogP contribution is 2.42. The van der Waals surface area contributed by atoms with E-state index < -0.39 is 0 Å². The van der Waals surface area contributed by atoms with Crippen LogP contribution in [0.15, 0.2) is 0 Å². The fourth-order valence-corrected chi connectivity index (χ4v) is 3.18. The van der Waals surface area contributed by atoms with Crippen LogP contribution in [0, 0.1) is 11.8 Å². The molecule has 1 spiro atoms. The summed E-state index contributed by atoms with van der Waals surface area (Å²) in [5, 5.41) is 9.72. The minimum absolute atomic E-state index is 0.0447. The number of aliphatic hydroxyl groups excluding tert-OH is 1. The molecule has 2 rings (SSSR count). The molecule has 1 heterocycles. The molecule has 2 nitrogen and oxygen atoms in total. The van der Waals surface area contributed by atoms with Crippen molar-refractivity contribution in [1.29, 1.82) is 0 Å². The predicted molar refractivity (Wildman–Crippen MR) is 60.7 cm³/mol. The lowest BCUT2D eigenvalue weighted by molar-refractivity contribution is -0.141. The SMILES string of the molecule is CC(C)C1CCC2(CC1)CC(O)CCO2. The van der Waals surface area contributed by atoms with Gasteiger partial charge in [-0.1, -0.05) is 13.8 Å². The van der Waals surface area contributed by atoms with Gasteiger partial charge in [-0.15, -0.1) is 0 Å². The quantitative estimate of drug-likeness (QED) is 0.724. The molecule has 0 aromatic heterocycles. The Bertz CT molecular complexity index is 205. The van der Waals surface area contributed by atoms with Gasteiger partial charge in [0, 0.05) is 13.0 Å². The van der Waals surface area contributed by atoms with Crippen molar-refractivity contribution in [3.8, 4) is 0 Å². The van der Waals surface area contributed by atoms with Crippen LogP contribution in [-0.2, 0) is 4.74 Å². The molecule has 1 atom stereocenters. The first-order valence-electron chi connectivity index (χ1n) is 6.43. The average Bonchev–Trinajstić information content (AvgIpc) is 2.18. The highest BCUT2D eigenvalue weighted by molar-refractivity contribution is 4.92. The predicted octanol–water partition coefficient (Wildman–Crippen LogP) is 2.74. The molecule has 0 radical (unpaired) electrons. The van der Waals surface area contributed by atoms with Gasteiger partial charge in [0.15, 0.2) is 0 Å². The summed E-state index contributed by atoms with van der Waals surface area (Å²) in [5.74, 6) is 1.68. The van der Waals surface area contributed by atoms with Crippen molar-refractivity contribution in [1.82, 2.24) is 0 Å². The van der Waals surface area contributed by atoms with Crippen LogP contribution in [-0.4, -0.2) is 23.4 Å². The van der Waals surface area contributed by atoms with E-state index in [1.165, 1.54) is 12.8 Å². The first-order valence-corrected chi connectivity index (χ1v) is 6.43. The van der Waals surface area contributed by atoms with Gasteiger partial charge in [-0.2, -0.15) is 0 Å². The minimum Gasteiger partial charge on any atom is -0.393 e. The van der Waals surface area contributed by atoms with Gasteiger partial charge in [0.2, 0.25) is 0 Å². The van der Waals surface area contributed by atoms with Crippen LogP contribution in [0.25, 0.3) is 0 Å². The summed E-state index contributed by atoms with van der Waals surface area (Å²) in [6.07, 6.45) is 6.47. The molecule has 0 amide bonds. The van der Waals surface area contributed by atoms with E-state index in [1.54, 1.807) is 0 Å². The summed E-state index contributed by atoms with van der Waals surface area (Å²) >= 11 is 0. The molecule has 2 aliphatic rings. The highest BCUT2D eigenvalue weighted by atomic mass is 16.5. The third-order valence-electron chi connectivity index (χ3n) is 4.35. The zero-order valence-electron chi connectivity index (χ0n) is 10.0. The molecule has 1 saturated carbocycles. The van der Waals surface area contributed by atoms with Gasteiger partial charge in [-0.3, -0.25) is 0 Å². The standard InChI is InChI=1S/C13H24O2/c1-10(2)11-3-6-13(7-4-11)9-12(14)5-8-15-13/h10-12,14H,3-9H2,1-2H3. The number of rotatable bonds is 1. The Balaban J connectivity index is 1.90. The van der Waals surface area contributed by atoms with E-state index in [0.29, 0.717) is 0 Å². The lowest BCUT2D eigenvalue weighted by atomic mass is 9.71. The largest absolute Gasteiger partial charge is 0.393 e. The Labute approximate surface area is 93.0 Å². The van der Waals surface area contributed by atoms with Crippen molar-refractivity contribution >= 4 is 0 Å². The van der Waals surface area contributed by atoms with Crippen molar-refractivity contribution < 1.29 is 9.84 Å². The lowest BCUT2D eigenvalue weighted by Gasteiger charge is -2.45. The molecule has 1 N–H and O–H groups in total. The zero-order valence-corrected chi connectivity index (χ0v) is 10.0. The van der Waals surface area contributed by atoms with E-state index in [4.69, 9.17) is 4.74 Å². The van der Waals surface area contributed by atoms with Crippen LogP contribution in [0.2, 0.25) is 0 Å². The second-order valence-corrected chi connectivity index (χ2v) is 5.76. The monoisotopic (exact) mass is 212 g/mol. The second-order valence-electron chi connectivity index (χ2n) is 5.76. The molecule has 1 saturated heterocycles.